The highest BCUT2D eigenvalue weighted by atomic mass is 35.5. The number of hydrogen-bond donors (Lipinski definition) is 2. The highest BCUT2D eigenvalue weighted by Crippen LogP contribution is 2.47. The summed E-state index contributed by atoms with van der Waals surface area (Å²) in [5.74, 6) is 0.151. The first-order valence-corrected chi connectivity index (χ1v) is 8.53. The van der Waals surface area contributed by atoms with Gasteiger partial charge in [-0.15, -0.1) is 0 Å². The van der Waals surface area contributed by atoms with Gasteiger partial charge in [0.2, 0.25) is 0 Å². The van der Waals surface area contributed by atoms with E-state index in [1.54, 1.807) is 0 Å². The lowest BCUT2D eigenvalue weighted by Gasteiger charge is -2.37. The number of carbonyl (C=O) groups excluding carboxylic acids is 1. The molecule has 1 saturated heterocycles. The zero-order chi connectivity index (χ0) is 16.7. The van der Waals surface area contributed by atoms with Crippen LogP contribution in [0.2, 0.25) is 5.02 Å². The van der Waals surface area contributed by atoms with Crippen molar-refractivity contribution >= 4 is 23.3 Å². The van der Waals surface area contributed by atoms with Gasteiger partial charge in [0.25, 0.3) is 0 Å². The maximum absolute atomic E-state index is 11.6. The van der Waals surface area contributed by atoms with Crippen molar-refractivity contribution in [3.05, 3.63) is 64.2 Å². The third kappa shape index (κ3) is 2.56. The van der Waals surface area contributed by atoms with Crippen LogP contribution in [-0.4, -0.2) is 19.6 Å². The molecule has 5 heteroatoms. The van der Waals surface area contributed by atoms with E-state index in [0.717, 1.165) is 23.7 Å². The van der Waals surface area contributed by atoms with Gasteiger partial charge in [0, 0.05) is 22.7 Å². The number of fused-ring (bicyclic) bond motifs is 3. The summed E-state index contributed by atoms with van der Waals surface area (Å²) in [7, 11) is 1.40. The first-order valence-electron chi connectivity index (χ1n) is 8.15. The predicted octanol–water partition coefficient (Wildman–Crippen LogP) is 3.94. The molecule has 0 bridgehead atoms. The minimum atomic E-state index is -0.307. The van der Waals surface area contributed by atoms with Crippen LogP contribution in [0.1, 0.15) is 40.0 Å². The molecule has 2 aliphatic heterocycles. The fourth-order valence-corrected chi connectivity index (χ4v) is 4.08. The molecule has 3 atom stereocenters. The number of nitrogens with one attached hydrogen (secondary N) is 2. The maximum Gasteiger partial charge on any atom is 0.337 e. The lowest BCUT2D eigenvalue weighted by atomic mass is 9.80. The van der Waals surface area contributed by atoms with Crippen molar-refractivity contribution < 1.29 is 9.53 Å². The summed E-state index contributed by atoms with van der Waals surface area (Å²) < 4.78 is 4.77. The van der Waals surface area contributed by atoms with Gasteiger partial charge in [0.05, 0.1) is 18.7 Å². The Morgan fingerprint density at radius 3 is 2.71 bits per heavy atom. The summed E-state index contributed by atoms with van der Waals surface area (Å²) in [6, 6.07) is 14.2. The number of hydrogen-bond acceptors (Lipinski definition) is 4. The van der Waals surface area contributed by atoms with Gasteiger partial charge >= 0.3 is 5.97 Å². The van der Waals surface area contributed by atoms with Gasteiger partial charge < -0.3 is 15.4 Å². The van der Waals surface area contributed by atoms with Crippen LogP contribution in [0.25, 0.3) is 0 Å². The Hall–Kier alpha value is -2.04. The number of benzene rings is 2. The van der Waals surface area contributed by atoms with Crippen molar-refractivity contribution in [2.45, 2.75) is 18.5 Å². The quantitative estimate of drug-likeness (QED) is 0.811. The number of rotatable bonds is 2. The Kier molecular flexibility index (Phi) is 3.94. The topological polar surface area (TPSA) is 50.4 Å². The van der Waals surface area contributed by atoms with Crippen LogP contribution in [0.4, 0.5) is 5.69 Å². The van der Waals surface area contributed by atoms with Gasteiger partial charge in [-0.25, -0.2) is 4.79 Å². The normalized spacial score (nSPS) is 24.7. The summed E-state index contributed by atoms with van der Waals surface area (Å²) in [5, 5.41) is 8.03. The van der Waals surface area contributed by atoms with Crippen LogP contribution in [0, 0.1) is 5.92 Å². The average molecular weight is 343 g/mol. The lowest BCUT2D eigenvalue weighted by Crippen LogP contribution is -2.32. The summed E-state index contributed by atoms with van der Waals surface area (Å²) in [4.78, 5) is 11.6. The largest absolute Gasteiger partial charge is 0.465 e. The molecule has 2 heterocycles. The van der Waals surface area contributed by atoms with Crippen molar-refractivity contribution in [1.29, 1.82) is 0 Å². The SMILES string of the molecule is COC(=O)c1ccc([C@@H]2Nc3ccc(Cl)cc3[C@@H]3NCC[C@H]23)cc1. The van der Waals surface area contributed by atoms with Crippen LogP contribution < -0.4 is 10.6 Å². The summed E-state index contributed by atoms with van der Waals surface area (Å²) in [6.45, 7) is 1.000. The summed E-state index contributed by atoms with van der Waals surface area (Å²) >= 11 is 6.18. The Morgan fingerprint density at radius 2 is 1.96 bits per heavy atom. The van der Waals surface area contributed by atoms with Gasteiger partial charge in [0.15, 0.2) is 0 Å². The van der Waals surface area contributed by atoms with Crippen molar-refractivity contribution in [2.24, 2.45) is 5.92 Å². The van der Waals surface area contributed by atoms with Crippen LogP contribution in [0.3, 0.4) is 0 Å². The third-order valence-corrected chi connectivity index (χ3v) is 5.28. The van der Waals surface area contributed by atoms with Gasteiger partial charge in [-0.05, 0) is 54.4 Å². The van der Waals surface area contributed by atoms with Crippen molar-refractivity contribution in [3.63, 3.8) is 0 Å². The molecule has 1 fully saturated rings. The van der Waals surface area contributed by atoms with E-state index in [-0.39, 0.29) is 12.0 Å². The minimum absolute atomic E-state index is 0.213. The van der Waals surface area contributed by atoms with E-state index in [1.165, 1.54) is 18.2 Å². The molecule has 0 saturated carbocycles. The first kappa shape index (κ1) is 15.5. The van der Waals surface area contributed by atoms with Crippen molar-refractivity contribution in [2.75, 3.05) is 19.0 Å². The monoisotopic (exact) mass is 342 g/mol. The summed E-state index contributed by atoms with van der Waals surface area (Å²) in [5.41, 5.74) is 4.12. The molecule has 0 unspecified atom stereocenters. The van der Waals surface area contributed by atoms with E-state index in [9.17, 15) is 4.79 Å². The van der Waals surface area contributed by atoms with Gasteiger partial charge in [-0.2, -0.15) is 0 Å². The third-order valence-electron chi connectivity index (χ3n) is 5.05. The number of esters is 1. The Bertz CT molecular complexity index is 775. The molecular weight excluding hydrogens is 324 g/mol. The molecular formula is C19H19ClN2O2. The van der Waals surface area contributed by atoms with Crippen LogP contribution in [-0.2, 0) is 4.74 Å². The number of methoxy groups -OCH3 is 1. The lowest BCUT2D eigenvalue weighted by molar-refractivity contribution is 0.0600. The second kappa shape index (κ2) is 6.11. The zero-order valence-electron chi connectivity index (χ0n) is 13.4. The van der Waals surface area contributed by atoms with Crippen LogP contribution in [0.15, 0.2) is 42.5 Å². The number of anilines is 1. The zero-order valence-corrected chi connectivity index (χ0v) is 14.1. The number of carbonyl (C=O) groups is 1. The molecule has 0 radical (unpaired) electrons. The van der Waals surface area contributed by atoms with E-state index in [4.69, 9.17) is 16.3 Å². The molecule has 2 aromatic carbocycles. The fraction of sp³-hybridized carbons (Fsp3) is 0.316. The van der Waals surface area contributed by atoms with Crippen LogP contribution >= 0.6 is 11.6 Å². The highest BCUT2D eigenvalue weighted by Gasteiger charge is 2.40. The van der Waals surface area contributed by atoms with Crippen molar-refractivity contribution in [1.82, 2.24) is 5.32 Å². The van der Waals surface area contributed by atoms with Crippen molar-refractivity contribution in [3.8, 4) is 0 Å². The minimum Gasteiger partial charge on any atom is -0.465 e. The standard InChI is InChI=1S/C19H19ClN2O2/c1-24-19(23)12-4-2-11(3-5-12)17-14-8-9-21-18(14)15-10-13(20)6-7-16(15)22-17/h2-7,10,14,17-18,21-22H,8-9H2,1H3/t14-,17+,18-/m1/s1. The van der Waals surface area contributed by atoms with Crippen LogP contribution in [0.5, 0.6) is 0 Å². The predicted molar refractivity (Wildman–Crippen MR) is 94.4 cm³/mol. The van der Waals surface area contributed by atoms with Gasteiger partial charge in [-0.3, -0.25) is 0 Å². The number of halogens is 1. The smallest absolute Gasteiger partial charge is 0.337 e. The average Bonchev–Trinajstić information content (AvgIpc) is 3.11. The Labute approximate surface area is 146 Å². The first-order chi connectivity index (χ1) is 11.7. The molecule has 0 aromatic heterocycles. The molecule has 0 amide bonds. The molecule has 2 aromatic rings. The highest BCUT2D eigenvalue weighted by molar-refractivity contribution is 6.30. The molecule has 4 nitrogen and oxygen atoms in total. The molecule has 24 heavy (non-hydrogen) atoms. The fourth-order valence-electron chi connectivity index (χ4n) is 3.90. The molecule has 4 rings (SSSR count). The van der Waals surface area contributed by atoms with E-state index in [2.05, 4.69) is 16.7 Å². The van der Waals surface area contributed by atoms with E-state index in [1.807, 2.05) is 36.4 Å². The molecule has 124 valence electrons. The van der Waals surface area contributed by atoms with E-state index in [0.29, 0.717) is 17.5 Å². The Balaban J connectivity index is 1.68. The van der Waals surface area contributed by atoms with Gasteiger partial charge in [-0.1, -0.05) is 23.7 Å². The maximum atomic E-state index is 11.6. The molecule has 0 aliphatic carbocycles. The summed E-state index contributed by atoms with van der Waals surface area (Å²) in [6.07, 6.45) is 1.10. The van der Waals surface area contributed by atoms with E-state index < -0.39 is 0 Å². The molecule has 2 N–H and O–H groups in total. The number of ether oxygens (including phenoxy) is 1. The second-order valence-corrected chi connectivity index (χ2v) is 6.79. The second-order valence-electron chi connectivity index (χ2n) is 6.35. The molecule has 2 aliphatic rings. The molecule has 0 spiro atoms. The van der Waals surface area contributed by atoms with E-state index >= 15 is 0 Å². The van der Waals surface area contributed by atoms with Gasteiger partial charge in [0.1, 0.15) is 0 Å². The Morgan fingerprint density at radius 1 is 1.17 bits per heavy atom.